The van der Waals surface area contributed by atoms with Crippen LogP contribution in [-0.4, -0.2) is 35.9 Å². The third-order valence-corrected chi connectivity index (χ3v) is 5.27. The van der Waals surface area contributed by atoms with Crippen molar-refractivity contribution in [1.82, 2.24) is 24.7 Å². The number of amides is 1. The highest BCUT2D eigenvalue weighted by Crippen LogP contribution is 2.28. The maximum Gasteiger partial charge on any atom is 0.239 e. The van der Waals surface area contributed by atoms with Crippen molar-refractivity contribution >= 4 is 34.1 Å². The fourth-order valence-corrected chi connectivity index (χ4v) is 3.71. The monoisotopic (exact) mass is 388 g/mol. The van der Waals surface area contributed by atoms with Crippen LogP contribution in [0.2, 0.25) is 0 Å². The second-order valence-electron chi connectivity index (χ2n) is 6.14. The van der Waals surface area contributed by atoms with E-state index in [1.165, 1.54) is 23.1 Å². The molecule has 3 rings (SSSR count). The van der Waals surface area contributed by atoms with Gasteiger partial charge < -0.3 is 9.88 Å². The van der Waals surface area contributed by atoms with Crippen LogP contribution in [0.15, 0.2) is 41.3 Å². The molecule has 0 aromatic carbocycles. The molecule has 1 atom stereocenters. The molecule has 0 aliphatic rings. The Balaban J connectivity index is 1.80. The van der Waals surface area contributed by atoms with Crippen LogP contribution in [-0.2, 0) is 11.3 Å². The summed E-state index contributed by atoms with van der Waals surface area (Å²) >= 11 is 2.79. The Morgan fingerprint density at radius 3 is 2.81 bits per heavy atom. The van der Waals surface area contributed by atoms with Gasteiger partial charge in [-0.15, -0.1) is 21.5 Å². The Bertz CT molecular complexity index is 848. The van der Waals surface area contributed by atoms with Crippen LogP contribution in [0.5, 0.6) is 0 Å². The van der Waals surface area contributed by atoms with Crippen LogP contribution >= 0.6 is 23.1 Å². The summed E-state index contributed by atoms with van der Waals surface area (Å²) in [5.41, 5.74) is 0.910. The van der Waals surface area contributed by atoms with Crippen molar-refractivity contribution in [3.8, 4) is 11.4 Å². The maximum absolute atomic E-state index is 12.4. The van der Waals surface area contributed by atoms with Gasteiger partial charge in [-0.1, -0.05) is 25.6 Å². The van der Waals surface area contributed by atoms with Gasteiger partial charge >= 0.3 is 0 Å². The number of rotatable bonds is 7. The SMILES string of the molecule is CC(C)Cn1c(SC(C)C(=O)Nc2nccs2)nnc1-c1cccnc1. The molecule has 0 bridgehead atoms. The van der Waals surface area contributed by atoms with Gasteiger partial charge in [-0.3, -0.25) is 9.78 Å². The molecule has 1 amide bonds. The van der Waals surface area contributed by atoms with Gasteiger partial charge in [-0.25, -0.2) is 4.98 Å². The topological polar surface area (TPSA) is 85.6 Å². The van der Waals surface area contributed by atoms with E-state index in [1.807, 2.05) is 24.4 Å². The molecule has 0 spiro atoms. The minimum atomic E-state index is -0.323. The Labute approximate surface area is 160 Å². The van der Waals surface area contributed by atoms with Gasteiger partial charge in [0.1, 0.15) is 0 Å². The molecule has 0 aliphatic carbocycles. The maximum atomic E-state index is 12.4. The Kier molecular flexibility index (Phi) is 6.00. The van der Waals surface area contributed by atoms with Gasteiger partial charge in [-0.2, -0.15) is 0 Å². The molecular formula is C17H20N6OS2. The standard InChI is InChI=1S/C17H20N6OS2/c1-11(2)10-23-14(13-5-4-6-18-9-13)21-22-17(23)26-12(3)15(24)20-16-19-7-8-25-16/h4-9,11-12H,10H2,1-3H3,(H,19,20,24). The number of hydrogen-bond acceptors (Lipinski definition) is 7. The number of hydrogen-bond donors (Lipinski definition) is 1. The number of pyridine rings is 1. The summed E-state index contributed by atoms with van der Waals surface area (Å²) in [7, 11) is 0. The van der Waals surface area contributed by atoms with Crippen LogP contribution < -0.4 is 5.32 Å². The van der Waals surface area contributed by atoms with E-state index in [-0.39, 0.29) is 11.2 Å². The minimum Gasteiger partial charge on any atom is -0.302 e. The highest BCUT2D eigenvalue weighted by atomic mass is 32.2. The molecule has 0 fully saturated rings. The summed E-state index contributed by atoms with van der Waals surface area (Å²) in [5, 5.41) is 14.3. The van der Waals surface area contributed by atoms with E-state index in [1.54, 1.807) is 18.6 Å². The zero-order valence-corrected chi connectivity index (χ0v) is 16.4. The number of thioether (sulfide) groups is 1. The summed E-state index contributed by atoms with van der Waals surface area (Å²) in [6, 6.07) is 3.83. The van der Waals surface area contributed by atoms with Gasteiger partial charge in [0.2, 0.25) is 5.91 Å². The molecule has 9 heteroatoms. The Hall–Kier alpha value is -2.26. The fraction of sp³-hybridized carbons (Fsp3) is 0.353. The van der Waals surface area contributed by atoms with Gasteiger partial charge in [0.25, 0.3) is 0 Å². The lowest BCUT2D eigenvalue weighted by molar-refractivity contribution is -0.115. The van der Waals surface area contributed by atoms with Crippen LogP contribution in [0, 0.1) is 5.92 Å². The molecule has 3 aromatic rings. The molecule has 0 saturated heterocycles. The number of nitrogens with one attached hydrogen (secondary N) is 1. The zero-order chi connectivity index (χ0) is 18.5. The van der Waals surface area contributed by atoms with E-state index in [0.29, 0.717) is 11.0 Å². The van der Waals surface area contributed by atoms with Gasteiger partial charge in [0.15, 0.2) is 16.1 Å². The van der Waals surface area contributed by atoms with Crippen molar-refractivity contribution in [2.75, 3.05) is 5.32 Å². The highest BCUT2D eigenvalue weighted by molar-refractivity contribution is 8.00. The van der Waals surface area contributed by atoms with E-state index in [2.05, 4.69) is 43.9 Å². The summed E-state index contributed by atoms with van der Waals surface area (Å²) in [5.74, 6) is 1.08. The summed E-state index contributed by atoms with van der Waals surface area (Å²) in [6.07, 6.45) is 5.17. The lowest BCUT2D eigenvalue weighted by atomic mass is 10.2. The summed E-state index contributed by atoms with van der Waals surface area (Å²) < 4.78 is 2.06. The van der Waals surface area contributed by atoms with Crippen molar-refractivity contribution in [2.24, 2.45) is 5.92 Å². The number of anilines is 1. The third kappa shape index (κ3) is 4.47. The average molecular weight is 389 g/mol. The smallest absolute Gasteiger partial charge is 0.239 e. The first-order valence-electron chi connectivity index (χ1n) is 8.25. The van der Waals surface area contributed by atoms with Crippen molar-refractivity contribution in [2.45, 2.75) is 37.7 Å². The van der Waals surface area contributed by atoms with Crippen LogP contribution in [0.1, 0.15) is 20.8 Å². The van der Waals surface area contributed by atoms with Crippen LogP contribution in [0.4, 0.5) is 5.13 Å². The molecule has 3 aromatic heterocycles. The van der Waals surface area contributed by atoms with Crippen molar-refractivity contribution in [1.29, 1.82) is 0 Å². The molecule has 1 unspecified atom stereocenters. The predicted octanol–water partition coefficient (Wildman–Crippen LogP) is 3.57. The second kappa shape index (κ2) is 8.41. The first-order chi connectivity index (χ1) is 12.5. The normalized spacial score (nSPS) is 12.3. The van der Waals surface area contributed by atoms with E-state index < -0.39 is 0 Å². The predicted molar refractivity (Wildman–Crippen MR) is 104 cm³/mol. The lowest BCUT2D eigenvalue weighted by Crippen LogP contribution is -2.23. The Morgan fingerprint density at radius 1 is 1.31 bits per heavy atom. The number of thiazole rings is 1. The molecule has 0 saturated carbocycles. The minimum absolute atomic E-state index is 0.105. The molecule has 0 radical (unpaired) electrons. The van der Waals surface area contributed by atoms with Gasteiger partial charge in [-0.05, 0) is 25.0 Å². The summed E-state index contributed by atoms with van der Waals surface area (Å²) in [4.78, 5) is 20.6. The highest BCUT2D eigenvalue weighted by Gasteiger charge is 2.22. The molecule has 0 aliphatic heterocycles. The first-order valence-corrected chi connectivity index (χ1v) is 10.0. The molecule has 26 heavy (non-hydrogen) atoms. The number of nitrogens with zero attached hydrogens (tertiary/aromatic N) is 5. The van der Waals surface area contributed by atoms with Crippen molar-refractivity contribution < 1.29 is 4.79 Å². The van der Waals surface area contributed by atoms with E-state index in [9.17, 15) is 4.79 Å². The molecule has 136 valence electrons. The Morgan fingerprint density at radius 2 is 2.15 bits per heavy atom. The average Bonchev–Trinajstić information content (AvgIpc) is 3.26. The van der Waals surface area contributed by atoms with Crippen molar-refractivity contribution in [3.05, 3.63) is 36.1 Å². The van der Waals surface area contributed by atoms with Gasteiger partial charge in [0, 0.05) is 36.1 Å². The second-order valence-corrected chi connectivity index (χ2v) is 8.34. The molecule has 7 nitrogen and oxygen atoms in total. The number of carbonyl (C=O) groups excluding carboxylic acids is 1. The summed E-state index contributed by atoms with van der Waals surface area (Å²) in [6.45, 7) is 6.90. The molecular weight excluding hydrogens is 368 g/mol. The van der Waals surface area contributed by atoms with Crippen LogP contribution in [0.25, 0.3) is 11.4 Å². The fourth-order valence-electron chi connectivity index (χ4n) is 2.32. The number of aromatic nitrogens is 5. The van der Waals surface area contributed by atoms with E-state index in [0.717, 1.165) is 23.1 Å². The quantitative estimate of drug-likeness (QED) is 0.623. The lowest BCUT2D eigenvalue weighted by Gasteiger charge is -2.14. The van der Waals surface area contributed by atoms with Gasteiger partial charge in [0.05, 0.1) is 5.25 Å². The number of carbonyl (C=O) groups is 1. The molecule has 1 N–H and O–H groups in total. The molecule has 3 heterocycles. The van der Waals surface area contributed by atoms with E-state index in [4.69, 9.17) is 0 Å². The zero-order valence-electron chi connectivity index (χ0n) is 14.8. The van der Waals surface area contributed by atoms with E-state index >= 15 is 0 Å². The van der Waals surface area contributed by atoms with Crippen molar-refractivity contribution in [3.63, 3.8) is 0 Å². The third-order valence-electron chi connectivity index (χ3n) is 3.50. The first kappa shape index (κ1) is 18.5. The largest absolute Gasteiger partial charge is 0.302 e. The van der Waals surface area contributed by atoms with Crippen LogP contribution in [0.3, 0.4) is 0 Å².